The standard InChI is InChI=1S/C19H30N2O3/c1-15-6-4-7-16(2)19(15)24-13-5-10-21-11-8-17(9-12-21)20(3)14-18(22)23/h4,6-7,17H,5,8-14H2,1-3H3,(H,22,23). The summed E-state index contributed by atoms with van der Waals surface area (Å²) in [7, 11) is 1.91. The van der Waals surface area contributed by atoms with Crippen LogP contribution in [0.15, 0.2) is 18.2 Å². The number of aliphatic carboxylic acids is 1. The van der Waals surface area contributed by atoms with Crippen molar-refractivity contribution < 1.29 is 14.6 Å². The van der Waals surface area contributed by atoms with Crippen molar-refractivity contribution in [3.8, 4) is 5.75 Å². The number of ether oxygens (including phenoxy) is 1. The molecule has 1 saturated heterocycles. The number of benzene rings is 1. The van der Waals surface area contributed by atoms with Crippen LogP contribution in [0.1, 0.15) is 30.4 Å². The zero-order chi connectivity index (χ0) is 17.5. The second-order valence-corrected chi connectivity index (χ2v) is 6.80. The first-order valence-corrected chi connectivity index (χ1v) is 8.80. The molecule has 1 N–H and O–H groups in total. The molecule has 24 heavy (non-hydrogen) atoms. The normalized spacial score (nSPS) is 16.5. The van der Waals surface area contributed by atoms with Gasteiger partial charge in [-0.2, -0.15) is 0 Å². The first-order chi connectivity index (χ1) is 11.5. The molecule has 1 heterocycles. The molecule has 2 rings (SSSR count). The molecule has 0 aliphatic carbocycles. The van der Waals surface area contributed by atoms with E-state index in [1.807, 2.05) is 11.9 Å². The first-order valence-electron chi connectivity index (χ1n) is 8.80. The Labute approximate surface area is 145 Å². The Morgan fingerprint density at radius 2 is 1.92 bits per heavy atom. The van der Waals surface area contributed by atoms with Crippen LogP contribution in [0.25, 0.3) is 0 Å². The minimum Gasteiger partial charge on any atom is -0.493 e. The van der Waals surface area contributed by atoms with E-state index in [2.05, 4.69) is 36.9 Å². The van der Waals surface area contributed by atoms with E-state index >= 15 is 0 Å². The van der Waals surface area contributed by atoms with Crippen LogP contribution in [-0.4, -0.2) is 66.8 Å². The third kappa shape index (κ3) is 5.49. The molecule has 1 fully saturated rings. The molecule has 0 atom stereocenters. The molecular weight excluding hydrogens is 304 g/mol. The summed E-state index contributed by atoms with van der Waals surface area (Å²) < 4.78 is 5.96. The highest BCUT2D eigenvalue weighted by Gasteiger charge is 2.23. The van der Waals surface area contributed by atoms with E-state index in [0.29, 0.717) is 6.04 Å². The summed E-state index contributed by atoms with van der Waals surface area (Å²) in [5.74, 6) is 0.273. The SMILES string of the molecule is Cc1cccc(C)c1OCCCN1CCC(N(C)CC(=O)O)CC1. The van der Waals surface area contributed by atoms with Crippen molar-refractivity contribution in [2.24, 2.45) is 0 Å². The fourth-order valence-corrected chi connectivity index (χ4v) is 3.42. The average molecular weight is 334 g/mol. The van der Waals surface area contributed by atoms with Gasteiger partial charge in [0.25, 0.3) is 0 Å². The van der Waals surface area contributed by atoms with E-state index in [9.17, 15) is 4.79 Å². The minimum atomic E-state index is -0.747. The number of carboxylic acids is 1. The Bertz CT molecular complexity index is 519. The van der Waals surface area contributed by atoms with Crippen molar-refractivity contribution in [2.45, 2.75) is 39.2 Å². The molecule has 1 aliphatic heterocycles. The van der Waals surface area contributed by atoms with Gasteiger partial charge in [0.2, 0.25) is 0 Å². The van der Waals surface area contributed by atoms with Gasteiger partial charge in [-0.15, -0.1) is 0 Å². The zero-order valence-corrected chi connectivity index (χ0v) is 15.1. The van der Waals surface area contributed by atoms with Crippen LogP contribution < -0.4 is 4.74 Å². The smallest absolute Gasteiger partial charge is 0.317 e. The van der Waals surface area contributed by atoms with Gasteiger partial charge < -0.3 is 14.7 Å². The number of hydrogen-bond acceptors (Lipinski definition) is 4. The lowest BCUT2D eigenvalue weighted by Crippen LogP contribution is -2.45. The predicted octanol–water partition coefficient (Wildman–Crippen LogP) is 2.55. The quantitative estimate of drug-likeness (QED) is 0.741. The number of likely N-dealkylation sites (N-methyl/N-ethyl adjacent to an activating group) is 1. The number of nitrogens with zero attached hydrogens (tertiary/aromatic N) is 2. The Hall–Kier alpha value is -1.59. The lowest BCUT2D eigenvalue weighted by Gasteiger charge is -2.36. The molecule has 0 saturated carbocycles. The van der Waals surface area contributed by atoms with Gasteiger partial charge in [-0.25, -0.2) is 0 Å². The van der Waals surface area contributed by atoms with Gasteiger partial charge in [0.05, 0.1) is 13.2 Å². The molecule has 5 nitrogen and oxygen atoms in total. The largest absolute Gasteiger partial charge is 0.493 e. The fraction of sp³-hybridized carbons (Fsp3) is 0.632. The Morgan fingerprint density at radius 1 is 1.29 bits per heavy atom. The van der Waals surface area contributed by atoms with Crippen molar-refractivity contribution >= 4 is 5.97 Å². The fourth-order valence-electron chi connectivity index (χ4n) is 3.42. The van der Waals surface area contributed by atoms with E-state index in [1.54, 1.807) is 0 Å². The maximum absolute atomic E-state index is 10.8. The molecule has 0 bridgehead atoms. The van der Waals surface area contributed by atoms with E-state index < -0.39 is 5.97 Å². The molecule has 0 aromatic heterocycles. The van der Waals surface area contributed by atoms with E-state index in [1.165, 1.54) is 11.1 Å². The molecule has 134 valence electrons. The topological polar surface area (TPSA) is 53.0 Å². The maximum atomic E-state index is 10.8. The van der Waals surface area contributed by atoms with E-state index in [4.69, 9.17) is 9.84 Å². The molecule has 5 heteroatoms. The summed E-state index contributed by atoms with van der Waals surface area (Å²) in [6, 6.07) is 6.62. The van der Waals surface area contributed by atoms with Gasteiger partial charge in [0, 0.05) is 12.6 Å². The van der Waals surface area contributed by atoms with E-state index in [-0.39, 0.29) is 6.54 Å². The van der Waals surface area contributed by atoms with Crippen LogP contribution >= 0.6 is 0 Å². The molecule has 1 aromatic carbocycles. The van der Waals surface area contributed by atoms with Crippen LogP contribution in [-0.2, 0) is 4.79 Å². The van der Waals surface area contributed by atoms with Crippen LogP contribution in [0, 0.1) is 13.8 Å². The summed E-state index contributed by atoms with van der Waals surface area (Å²) >= 11 is 0. The number of carbonyl (C=O) groups is 1. The Balaban J connectivity index is 1.65. The van der Waals surface area contributed by atoms with E-state index in [0.717, 1.165) is 51.3 Å². The molecule has 0 spiro atoms. The lowest BCUT2D eigenvalue weighted by molar-refractivity contribution is -0.138. The van der Waals surface area contributed by atoms with Crippen LogP contribution in [0.3, 0.4) is 0 Å². The number of rotatable bonds is 8. The van der Waals surface area contributed by atoms with Crippen LogP contribution in [0.2, 0.25) is 0 Å². The summed E-state index contributed by atoms with van der Waals surface area (Å²) in [5, 5.41) is 8.88. The van der Waals surface area contributed by atoms with Gasteiger partial charge in [-0.3, -0.25) is 9.69 Å². The van der Waals surface area contributed by atoms with Crippen molar-refractivity contribution in [3.05, 3.63) is 29.3 Å². The monoisotopic (exact) mass is 334 g/mol. The number of hydrogen-bond donors (Lipinski definition) is 1. The molecule has 0 amide bonds. The molecule has 0 unspecified atom stereocenters. The second-order valence-electron chi connectivity index (χ2n) is 6.80. The average Bonchev–Trinajstić information content (AvgIpc) is 2.53. The minimum absolute atomic E-state index is 0.133. The number of carboxylic acid groups (broad SMARTS) is 1. The summed E-state index contributed by atoms with van der Waals surface area (Å²) in [6.45, 7) is 8.16. The highest BCUT2D eigenvalue weighted by atomic mass is 16.5. The lowest BCUT2D eigenvalue weighted by atomic mass is 10.0. The summed E-state index contributed by atoms with van der Waals surface area (Å²) in [5.41, 5.74) is 2.38. The number of piperidine rings is 1. The van der Waals surface area contributed by atoms with Gasteiger partial charge in [-0.1, -0.05) is 18.2 Å². The van der Waals surface area contributed by atoms with Crippen molar-refractivity contribution in [1.29, 1.82) is 0 Å². The van der Waals surface area contributed by atoms with Gasteiger partial charge in [-0.05, 0) is 64.4 Å². The number of para-hydroxylation sites is 1. The van der Waals surface area contributed by atoms with Crippen molar-refractivity contribution in [2.75, 3.05) is 39.8 Å². The highest BCUT2D eigenvalue weighted by Crippen LogP contribution is 2.22. The van der Waals surface area contributed by atoms with Gasteiger partial charge >= 0.3 is 5.97 Å². The third-order valence-corrected chi connectivity index (χ3v) is 4.84. The summed E-state index contributed by atoms with van der Waals surface area (Å²) in [6.07, 6.45) is 3.10. The second kappa shape index (κ2) is 9.04. The Morgan fingerprint density at radius 3 is 2.50 bits per heavy atom. The Kier molecular flexibility index (Phi) is 7.06. The third-order valence-electron chi connectivity index (χ3n) is 4.84. The zero-order valence-electron chi connectivity index (χ0n) is 15.1. The molecular formula is C19H30N2O3. The molecule has 0 radical (unpaired) electrons. The predicted molar refractivity (Wildman–Crippen MR) is 95.8 cm³/mol. The molecule has 1 aliphatic rings. The van der Waals surface area contributed by atoms with Crippen LogP contribution in [0.5, 0.6) is 5.75 Å². The number of aryl methyl sites for hydroxylation is 2. The molecule has 1 aromatic rings. The highest BCUT2D eigenvalue weighted by molar-refractivity contribution is 5.69. The number of likely N-dealkylation sites (tertiary alicyclic amines) is 1. The van der Waals surface area contributed by atoms with Gasteiger partial charge in [0.1, 0.15) is 5.75 Å². The first kappa shape index (κ1) is 18.7. The van der Waals surface area contributed by atoms with Crippen molar-refractivity contribution in [1.82, 2.24) is 9.80 Å². The maximum Gasteiger partial charge on any atom is 0.317 e. The summed E-state index contributed by atoms with van der Waals surface area (Å²) in [4.78, 5) is 15.2. The van der Waals surface area contributed by atoms with Gasteiger partial charge in [0.15, 0.2) is 0 Å². The van der Waals surface area contributed by atoms with Crippen molar-refractivity contribution in [3.63, 3.8) is 0 Å². The van der Waals surface area contributed by atoms with Crippen LogP contribution in [0.4, 0.5) is 0 Å².